The monoisotopic (exact) mass is 433 g/mol. The summed E-state index contributed by atoms with van der Waals surface area (Å²) < 4.78 is 31.7. The molecule has 29 heavy (non-hydrogen) atoms. The number of benzene rings is 2. The topological polar surface area (TPSA) is 128 Å². The maximum atomic E-state index is 12.7. The van der Waals surface area contributed by atoms with E-state index < -0.39 is 21.4 Å². The second-order valence-electron chi connectivity index (χ2n) is 6.27. The van der Waals surface area contributed by atoms with Crippen molar-refractivity contribution in [1.82, 2.24) is 18.9 Å². The highest BCUT2D eigenvalue weighted by atomic mass is 32.2. The molecule has 0 bridgehead atoms. The zero-order valence-corrected chi connectivity index (χ0v) is 16.9. The fourth-order valence-corrected chi connectivity index (χ4v) is 4.64. The van der Waals surface area contributed by atoms with Gasteiger partial charge in [0.15, 0.2) is 0 Å². The van der Waals surface area contributed by atoms with Gasteiger partial charge in [-0.3, -0.25) is 9.52 Å². The SMILES string of the molecule is Cn1c(=O)n(-c2ccc(NS(=O)(=O)c3ccc4sc(=O)[nH]c4c3)cc2)c(=O)n1C. The van der Waals surface area contributed by atoms with Crippen LogP contribution in [-0.4, -0.2) is 27.3 Å². The summed E-state index contributed by atoms with van der Waals surface area (Å²) in [6, 6.07) is 10.2. The molecule has 0 unspecified atom stereocenters. The van der Waals surface area contributed by atoms with Gasteiger partial charge in [0.1, 0.15) is 0 Å². The molecule has 2 aromatic heterocycles. The summed E-state index contributed by atoms with van der Waals surface area (Å²) in [5.41, 5.74) is -0.00447. The molecule has 4 rings (SSSR count). The van der Waals surface area contributed by atoms with Gasteiger partial charge in [0.05, 0.1) is 20.8 Å². The maximum Gasteiger partial charge on any atom is 0.351 e. The number of nitrogens with one attached hydrogen (secondary N) is 2. The fraction of sp³-hybridized carbons (Fsp3) is 0.118. The van der Waals surface area contributed by atoms with E-state index in [1.54, 1.807) is 6.07 Å². The minimum Gasteiger partial charge on any atom is -0.312 e. The van der Waals surface area contributed by atoms with Crippen LogP contribution in [0.3, 0.4) is 0 Å². The maximum absolute atomic E-state index is 12.7. The Morgan fingerprint density at radius 3 is 2.17 bits per heavy atom. The minimum absolute atomic E-state index is 0.00345. The number of hydrogen-bond donors (Lipinski definition) is 2. The van der Waals surface area contributed by atoms with Crippen LogP contribution in [0.1, 0.15) is 0 Å². The zero-order chi connectivity index (χ0) is 20.9. The Morgan fingerprint density at radius 2 is 1.55 bits per heavy atom. The van der Waals surface area contributed by atoms with Crippen LogP contribution in [0.2, 0.25) is 0 Å². The summed E-state index contributed by atoms with van der Waals surface area (Å²) >= 11 is 0.997. The Hall–Kier alpha value is -3.38. The summed E-state index contributed by atoms with van der Waals surface area (Å²) in [4.78, 5) is 38.1. The molecule has 0 radical (unpaired) electrons. The molecular formula is C17H15N5O5S2. The number of thiazole rings is 1. The average Bonchev–Trinajstić information content (AvgIpc) is 3.14. The van der Waals surface area contributed by atoms with E-state index in [9.17, 15) is 22.8 Å². The Bertz CT molecular complexity index is 1480. The molecule has 0 atom stereocenters. The Balaban J connectivity index is 1.66. The summed E-state index contributed by atoms with van der Waals surface area (Å²) in [6.07, 6.45) is 0. The molecule has 0 fully saturated rings. The molecule has 0 spiro atoms. The van der Waals surface area contributed by atoms with Crippen LogP contribution >= 0.6 is 11.3 Å². The van der Waals surface area contributed by atoms with E-state index >= 15 is 0 Å². The van der Waals surface area contributed by atoms with Crippen molar-refractivity contribution in [3.63, 3.8) is 0 Å². The predicted molar refractivity (Wildman–Crippen MR) is 110 cm³/mol. The van der Waals surface area contributed by atoms with Gasteiger partial charge in [-0.25, -0.2) is 31.9 Å². The van der Waals surface area contributed by atoms with E-state index in [1.165, 1.54) is 59.9 Å². The van der Waals surface area contributed by atoms with Crippen LogP contribution in [-0.2, 0) is 24.1 Å². The lowest BCUT2D eigenvalue weighted by Crippen LogP contribution is -2.26. The predicted octanol–water partition coefficient (Wildman–Crippen LogP) is 0.578. The van der Waals surface area contributed by atoms with E-state index in [1.807, 2.05) is 0 Å². The van der Waals surface area contributed by atoms with Crippen molar-refractivity contribution in [3.8, 4) is 5.69 Å². The molecular weight excluding hydrogens is 418 g/mol. The second-order valence-corrected chi connectivity index (χ2v) is 8.97. The minimum atomic E-state index is -3.90. The molecule has 0 saturated heterocycles. The first-order valence-corrected chi connectivity index (χ1v) is 10.6. The number of aromatic amines is 1. The number of hydrogen-bond acceptors (Lipinski definition) is 6. The molecule has 2 N–H and O–H groups in total. The molecule has 10 nitrogen and oxygen atoms in total. The van der Waals surface area contributed by atoms with Crippen molar-refractivity contribution in [2.24, 2.45) is 14.1 Å². The van der Waals surface area contributed by atoms with Crippen molar-refractivity contribution in [2.75, 3.05) is 4.72 Å². The molecule has 0 aliphatic heterocycles. The van der Waals surface area contributed by atoms with Crippen molar-refractivity contribution in [3.05, 3.63) is 73.1 Å². The Morgan fingerprint density at radius 1 is 0.931 bits per heavy atom. The van der Waals surface area contributed by atoms with E-state index in [2.05, 4.69) is 9.71 Å². The highest BCUT2D eigenvalue weighted by Gasteiger charge is 2.17. The molecule has 12 heteroatoms. The van der Waals surface area contributed by atoms with Gasteiger partial charge >= 0.3 is 16.3 Å². The van der Waals surface area contributed by atoms with Crippen LogP contribution < -0.4 is 21.0 Å². The number of fused-ring (bicyclic) bond motifs is 1. The van der Waals surface area contributed by atoms with Gasteiger partial charge in [0, 0.05) is 19.8 Å². The van der Waals surface area contributed by atoms with Gasteiger partial charge < -0.3 is 4.98 Å². The Kier molecular flexibility index (Phi) is 4.31. The molecule has 0 aliphatic carbocycles. The van der Waals surface area contributed by atoms with Crippen LogP contribution in [0.4, 0.5) is 5.69 Å². The van der Waals surface area contributed by atoms with E-state index in [-0.39, 0.29) is 15.5 Å². The Labute approximate surface area is 167 Å². The molecule has 4 aromatic rings. The first-order valence-electron chi connectivity index (χ1n) is 8.28. The summed E-state index contributed by atoms with van der Waals surface area (Å²) in [6.45, 7) is 0. The molecule has 0 aliphatic rings. The zero-order valence-electron chi connectivity index (χ0n) is 15.2. The summed E-state index contributed by atoms with van der Waals surface area (Å²) in [7, 11) is -0.953. The average molecular weight is 433 g/mol. The van der Waals surface area contributed by atoms with Crippen LogP contribution in [0.25, 0.3) is 15.9 Å². The third-order valence-electron chi connectivity index (χ3n) is 4.46. The quantitative estimate of drug-likeness (QED) is 0.487. The highest BCUT2D eigenvalue weighted by molar-refractivity contribution is 7.92. The normalized spacial score (nSPS) is 11.8. The smallest absolute Gasteiger partial charge is 0.312 e. The van der Waals surface area contributed by atoms with Gasteiger partial charge in [0.2, 0.25) is 0 Å². The first kappa shape index (κ1) is 19.0. The summed E-state index contributed by atoms with van der Waals surface area (Å²) in [5.74, 6) is 0. The molecule has 0 amide bonds. The van der Waals surface area contributed by atoms with Crippen molar-refractivity contribution in [1.29, 1.82) is 0 Å². The largest absolute Gasteiger partial charge is 0.351 e. The number of nitrogens with zero attached hydrogens (tertiary/aromatic N) is 3. The van der Waals surface area contributed by atoms with Gasteiger partial charge in [0.25, 0.3) is 10.0 Å². The lowest BCUT2D eigenvalue weighted by Gasteiger charge is -2.09. The molecule has 150 valence electrons. The van der Waals surface area contributed by atoms with Crippen LogP contribution in [0.15, 0.2) is 61.7 Å². The highest BCUT2D eigenvalue weighted by Crippen LogP contribution is 2.22. The third-order valence-corrected chi connectivity index (χ3v) is 6.71. The van der Waals surface area contributed by atoms with E-state index in [0.717, 1.165) is 15.9 Å². The number of rotatable bonds is 4. The van der Waals surface area contributed by atoms with Gasteiger partial charge in [-0.15, -0.1) is 0 Å². The third kappa shape index (κ3) is 3.21. The number of H-pyrrole nitrogens is 1. The number of sulfonamides is 1. The van der Waals surface area contributed by atoms with E-state index in [4.69, 9.17) is 0 Å². The van der Waals surface area contributed by atoms with Crippen LogP contribution in [0, 0.1) is 0 Å². The number of anilines is 1. The van der Waals surface area contributed by atoms with Crippen molar-refractivity contribution in [2.45, 2.75) is 4.90 Å². The summed E-state index contributed by atoms with van der Waals surface area (Å²) in [5, 5.41) is 0. The van der Waals surface area contributed by atoms with Gasteiger partial charge in [-0.05, 0) is 42.5 Å². The van der Waals surface area contributed by atoms with Gasteiger partial charge in [-0.1, -0.05) is 11.3 Å². The standard InChI is InChI=1S/C17H15N5O5S2/c1-20-16(24)22(17(25)21(20)2)11-5-3-10(4-6-11)19-29(26,27)12-7-8-14-13(9-12)18-15(23)28-14/h3-9,19H,1-2H3,(H,18,23). The van der Waals surface area contributed by atoms with Crippen molar-refractivity contribution < 1.29 is 8.42 Å². The molecule has 2 aromatic carbocycles. The number of aromatic nitrogens is 4. The molecule has 2 heterocycles. The van der Waals surface area contributed by atoms with E-state index in [0.29, 0.717) is 15.9 Å². The lowest BCUT2D eigenvalue weighted by molar-refractivity contribution is 0.565. The lowest BCUT2D eigenvalue weighted by atomic mass is 10.3. The second kappa shape index (κ2) is 6.60. The van der Waals surface area contributed by atoms with Crippen molar-refractivity contribution >= 4 is 37.3 Å². The van der Waals surface area contributed by atoms with Gasteiger partial charge in [-0.2, -0.15) is 0 Å². The first-order chi connectivity index (χ1) is 13.7. The fourth-order valence-electron chi connectivity index (χ4n) is 2.84. The molecule has 0 saturated carbocycles. The van der Waals surface area contributed by atoms with Crippen LogP contribution in [0.5, 0.6) is 0 Å².